The average Bonchev–Trinajstić information content (AvgIpc) is 2.79. The summed E-state index contributed by atoms with van der Waals surface area (Å²) in [5, 5.41) is 3.90. The maximum atomic E-state index is 12.4. The first-order chi connectivity index (χ1) is 15.4. The van der Waals surface area contributed by atoms with Crippen molar-refractivity contribution >= 4 is 41.0 Å². The van der Waals surface area contributed by atoms with E-state index in [4.69, 9.17) is 11.6 Å². The number of amides is 2. The van der Waals surface area contributed by atoms with E-state index in [1.807, 2.05) is 18.7 Å². The summed E-state index contributed by atoms with van der Waals surface area (Å²) in [6, 6.07) is 1.87. The van der Waals surface area contributed by atoms with Crippen LogP contribution in [0.1, 0.15) is 47.0 Å². The molecule has 8 nitrogen and oxygen atoms in total. The summed E-state index contributed by atoms with van der Waals surface area (Å²) >= 11 is 7.51. The molecule has 1 fully saturated rings. The number of hydrogen-bond donors (Lipinski definition) is 1. The molecule has 1 atom stereocenters. The van der Waals surface area contributed by atoms with Crippen LogP contribution in [-0.4, -0.2) is 89.2 Å². The number of carbonyl (C=O) groups is 2. The van der Waals surface area contributed by atoms with Gasteiger partial charge < -0.3 is 20.0 Å². The van der Waals surface area contributed by atoms with Crippen molar-refractivity contribution in [2.24, 2.45) is 0 Å². The monoisotopic (exact) mass is 484 g/mol. The number of anilines is 1. The van der Waals surface area contributed by atoms with Crippen molar-refractivity contribution in [2.45, 2.75) is 58.2 Å². The van der Waals surface area contributed by atoms with Gasteiger partial charge in [0.15, 0.2) is 5.16 Å². The Balaban J connectivity index is 1.80. The molecule has 1 unspecified atom stereocenters. The molecule has 1 aromatic heterocycles. The lowest BCUT2D eigenvalue weighted by Gasteiger charge is -2.35. The second-order valence-electron chi connectivity index (χ2n) is 7.98. The summed E-state index contributed by atoms with van der Waals surface area (Å²) < 4.78 is 0. The zero-order valence-electron chi connectivity index (χ0n) is 19.8. The van der Waals surface area contributed by atoms with Crippen molar-refractivity contribution in [1.29, 1.82) is 0 Å². The van der Waals surface area contributed by atoms with Crippen LogP contribution in [0, 0.1) is 0 Å². The van der Waals surface area contributed by atoms with E-state index in [2.05, 4.69) is 38.9 Å². The third kappa shape index (κ3) is 8.75. The number of piperazine rings is 1. The minimum atomic E-state index is -0.0258. The average molecular weight is 485 g/mol. The minimum Gasteiger partial charge on any atom is -0.353 e. The van der Waals surface area contributed by atoms with E-state index in [1.165, 1.54) is 11.8 Å². The highest BCUT2D eigenvalue weighted by Crippen LogP contribution is 2.23. The third-order valence-electron chi connectivity index (χ3n) is 5.67. The van der Waals surface area contributed by atoms with Gasteiger partial charge in [-0.25, -0.2) is 9.97 Å². The SMILES string of the molecule is CCC(=O)N1CCN(c2cc(Cl)nc(SCC(=O)NC(C)CCCN(CC)CC)n2)CC1. The number of nitrogens with zero attached hydrogens (tertiary/aromatic N) is 5. The van der Waals surface area contributed by atoms with Crippen LogP contribution in [0.25, 0.3) is 0 Å². The molecular weight excluding hydrogens is 448 g/mol. The topological polar surface area (TPSA) is 81.7 Å². The van der Waals surface area contributed by atoms with Crippen LogP contribution in [-0.2, 0) is 9.59 Å². The largest absolute Gasteiger partial charge is 0.353 e. The van der Waals surface area contributed by atoms with E-state index < -0.39 is 0 Å². The Labute approximate surface area is 201 Å². The highest BCUT2D eigenvalue weighted by molar-refractivity contribution is 7.99. The third-order valence-corrected chi connectivity index (χ3v) is 6.71. The molecule has 0 spiro atoms. The van der Waals surface area contributed by atoms with E-state index in [0.717, 1.165) is 38.3 Å². The van der Waals surface area contributed by atoms with E-state index in [0.29, 0.717) is 42.9 Å². The standard InChI is InChI=1S/C22H37ClN6O2S/c1-5-21(31)29-13-11-28(12-14-29)19-15-18(23)25-22(26-19)32-16-20(30)24-17(4)9-8-10-27(6-2)7-3/h15,17H,5-14,16H2,1-4H3,(H,24,30). The van der Waals surface area contributed by atoms with Crippen LogP contribution in [0.4, 0.5) is 5.82 Å². The highest BCUT2D eigenvalue weighted by Gasteiger charge is 2.22. The molecule has 2 amide bonds. The van der Waals surface area contributed by atoms with Gasteiger partial charge in [0.2, 0.25) is 11.8 Å². The first kappa shape index (κ1) is 26.7. The van der Waals surface area contributed by atoms with Gasteiger partial charge in [0, 0.05) is 44.7 Å². The minimum absolute atomic E-state index is 0.0258. The van der Waals surface area contributed by atoms with Crippen LogP contribution in [0.15, 0.2) is 11.2 Å². The molecule has 32 heavy (non-hydrogen) atoms. The Hall–Kier alpha value is -1.58. The molecule has 10 heteroatoms. The van der Waals surface area contributed by atoms with Crippen LogP contribution < -0.4 is 10.2 Å². The summed E-state index contributed by atoms with van der Waals surface area (Å²) in [6.07, 6.45) is 2.54. The molecule has 1 aromatic rings. The molecule has 0 aliphatic carbocycles. The maximum Gasteiger partial charge on any atom is 0.230 e. The normalized spacial score (nSPS) is 15.2. The number of thioether (sulfide) groups is 1. The molecule has 180 valence electrons. The van der Waals surface area contributed by atoms with Gasteiger partial charge in [0.25, 0.3) is 0 Å². The molecule has 0 radical (unpaired) electrons. The lowest BCUT2D eigenvalue weighted by molar-refractivity contribution is -0.131. The van der Waals surface area contributed by atoms with Crippen LogP contribution in [0.5, 0.6) is 0 Å². The summed E-state index contributed by atoms with van der Waals surface area (Å²) in [4.78, 5) is 39.5. The fourth-order valence-corrected chi connectivity index (χ4v) is 4.59. The molecule has 0 bridgehead atoms. The highest BCUT2D eigenvalue weighted by atomic mass is 35.5. The number of aromatic nitrogens is 2. The van der Waals surface area contributed by atoms with Gasteiger partial charge in [0.1, 0.15) is 11.0 Å². The van der Waals surface area contributed by atoms with Gasteiger partial charge >= 0.3 is 0 Å². The van der Waals surface area contributed by atoms with Crippen LogP contribution in [0.3, 0.4) is 0 Å². The molecule has 1 saturated heterocycles. The first-order valence-electron chi connectivity index (χ1n) is 11.6. The number of halogens is 1. The fourth-order valence-electron chi connectivity index (χ4n) is 3.70. The summed E-state index contributed by atoms with van der Waals surface area (Å²) in [5.41, 5.74) is 0. The first-order valence-corrected chi connectivity index (χ1v) is 12.9. The summed E-state index contributed by atoms with van der Waals surface area (Å²) in [7, 11) is 0. The molecule has 0 saturated carbocycles. The van der Waals surface area contributed by atoms with Crippen molar-refractivity contribution in [3.05, 3.63) is 11.2 Å². The molecule has 2 rings (SSSR count). The van der Waals surface area contributed by atoms with Crippen molar-refractivity contribution in [1.82, 2.24) is 25.1 Å². The van der Waals surface area contributed by atoms with Gasteiger partial charge in [-0.2, -0.15) is 0 Å². The van der Waals surface area contributed by atoms with Crippen LogP contribution in [0.2, 0.25) is 5.15 Å². The number of rotatable bonds is 12. The smallest absolute Gasteiger partial charge is 0.230 e. The lowest BCUT2D eigenvalue weighted by atomic mass is 10.2. The maximum absolute atomic E-state index is 12.4. The Morgan fingerprint density at radius 2 is 1.88 bits per heavy atom. The summed E-state index contributed by atoms with van der Waals surface area (Å²) in [5.74, 6) is 1.14. The molecule has 1 aliphatic rings. The van der Waals surface area contributed by atoms with Crippen molar-refractivity contribution < 1.29 is 9.59 Å². The van der Waals surface area contributed by atoms with Gasteiger partial charge in [0.05, 0.1) is 5.75 Å². The quantitative estimate of drug-likeness (QED) is 0.277. The predicted octanol–water partition coefficient (Wildman–Crippen LogP) is 2.91. The van der Waals surface area contributed by atoms with Crippen molar-refractivity contribution in [3.8, 4) is 0 Å². The van der Waals surface area contributed by atoms with E-state index in [9.17, 15) is 9.59 Å². The van der Waals surface area contributed by atoms with E-state index in [1.54, 1.807) is 6.07 Å². The van der Waals surface area contributed by atoms with Crippen molar-refractivity contribution in [3.63, 3.8) is 0 Å². The Morgan fingerprint density at radius 3 is 2.50 bits per heavy atom. The Kier molecular flexibility index (Phi) is 11.5. The molecule has 1 N–H and O–H groups in total. The number of carbonyl (C=O) groups excluding carboxylic acids is 2. The van der Waals surface area contributed by atoms with Gasteiger partial charge in [-0.15, -0.1) is 0 Å². The van der Waals surface area contributed by atoms with E-state index >= 15 is 0 Å². The van der Waals surface area contributed by atoms with E-state index in [-0.39, 0.29) is 23.6 Å². The molecular formula is C22H37ClN6O2S. The number of nitrogens with one attached hydrogen (secondary N) is 1. The predicted molar refractivity (Wildman–Crippen MR) is 131 cm³/mol. The zero-order valence-corrected chi connectivity index (χ0v) is 21.3. The second kappa shape index (κ2) is 13.9. The summed E-state index contributed by atoms with van der Waals surface area (Å²) in [6.45, 7) is 14.2. The Bertz CT molecular complexity index is 741. The fraction of sp³-hybridized carbons (Fsp3) is 0.727. The molecule has 2 heterocycles. The Morgan fingerprint density at radius 1 is 1.19 bits per heavy atom. The second-order valence-corrected chi connectivity index (χ2v) is 9.31. The lowest BCUT2D eigenvalue weighted by Crippen LogP contribution is -2.48. The molecule has 0 aromatic carbocycles. The number of hydrogen-bond acceptors (Lipinski definition) is 7. The van der Waals surface area contributed by atoms with Gasteiger partial charge in [-0.05, 0) is 39.4 Å². The van der Waals surface area contributed by atoms with Gasteiger partial charge in [-0.1, -0.05) is 44.1 Å². The van der Waals surface area contributed by atoms with Gasteiger partial charge in [-0.3, -0.25) is 9.59 Å². The van der Waals surface area contributed by atoms with Crippen LogP contribution >= 0.6 is 23.4 Å². The van der Waals surface area contributed by atoms with Crippen molar-refractivity contribution in [2.75, 3.05) is 56.5 Å². The zero-order chi connectivity index (χ0) is 23.5. The molecule has 1 aliphatic heterocycles.